The summed E-state index contributed by atoms with van der Waals surface area (Å²) >= 11 is 1.59. The molecule has 0 fully saturated rings. The third-order valence-corrected chi connectivity index (χ3v) is 4.14. The Balaban J connectivity index is 2.17. The van der Waals surface area contributed by atoms with Crippen LogP contribution in [0.1, 0.15) is 22.3 Å². The number of aryl methyl sites for hydroxylation is 2. The van der Waals surface area contributed by atoms with Crippen LogP contribution in [0.4, 0.5) is 4.39 Å². The van der Waals surface area contributed by atoms with Crippen molar-refractivity contribution in [2.45, 2.75) is 24.5 Å². The van der Waals surface area contributed by atoms with Crippen molar-refractivity contribution < 1.29 is 4.39 Å². The fourth-order valence-electron chi connectivity index (χ4n) is 1.89. The first-order valence-electron chi connectivity index (χ1n) is 5.99. The van der Waals surface area contributed by atoms with Crippen LogP contribution in [-0.4, -0.2) is 0 Å². The average molecular weight is 271 g/mol. The Labute approximate surface area is 117 Å². The summed E-state index contributed by atoms with van der Waals surface area (Å²) < 4.78 is 13.9. The molecular weight excluding hydrogens is 257 g/mol. The molecule has 0 amide bonds. The van der Waals surface area contributed by atoms with Gasteiger partial charge in [-0.3, -0.25) is 0 Å². The molecule has 2 aromatic carbocycles. The van der Waals surface area contributed by atoms with Crippen LogP contribution in [0.2, 0.25) is 0 Å². The van der Waals surface area contributed by atoms with Gasteiger partial charge in [0.05, 0.1) is 5.56 Å². The van der Waals surface area contributed by atoms with E-state index in [2.05, 4.69) is 32.0 Å². The van der Waals surface area contributed by atoms with Gasteiger partial charge in [0.25, 0.3) is 0 Å². The Morgan fingerprint density at radius 2 is 2.00 bits per heavy atom. The van der Waals surface area contributed by atoms with Gasteiger partial charge in [-0.25, -0.2) is 4.39 Å². The predicted octanol–water partition coefficient (Wildman–Crippen LogP) is 4.61. The summed E-state index contributed by atoms with van der Waals surface area (Å²) in [7, 11) is 0. The zero-order valence-electron chi connectivity index (χ0n) is 10.9. The third-order valence-electron chi connectivity index (χ3n) is 2.91. The van der Waals surface area contributed by atoms with Crippen molar-refractivity contribution in [3.8, 4) is 6.07 Å². The lowest BCUT2D eigenvalue weighted by Crippen LogP contribution is -1.92. The summed E-state index contributed by atoms with van der Waals surface area (Å²) in [6.45, 7) is 4.11. The van der Waals surface area contributed by atoms with Crippen LogP contribution in [0, 0.1) is 31.0 Å². The SMILES string of the molecule is Cc1ccc(SCc2cccc(C#N)c2F)c(C)c1. The third kappa shape index (κ3) is 3.15. The topological polar surface area (TPSA) is 23.8 Å². The van der Waals surface area contributed by atoms with Gasteiger partial charge in [0.15, 0.2) is 0 Å². The molecule has 0 saturated heterocycles. The molecule has 2 rings (SSSR count). The fourth-order valence-corrected chi connectivity index (χ4v) is 2.88. The van der Waals surface area contributed by atoms with E-state index in [1.54, 1.807) is 23.9 Å². The highest BCUT2D eigenvalue weighted by Gasteiger charge is 2.08. The summed E-state index contributed by atoms with van der Waals surface area (Å²) in [6.07, 6.45) is 0. The molecule has 0 unspecified atom stereocenters. The minimum Gasteiger partial charge on any atom is -0.205 e. The second kappa shape index (κ2) is 5.90. The minimum atomic E-state index is -0.401. The number of halogens is 1. The van der Waals surface area contributed by atoms with Crippen LogP contribution in [0.3, 0.4) is 0 Å². The van der Waals surface area contributed by atoms with E-state index >= 15 is 0 Å². The van der Waals surface area contributed by atoms with Crippen molar-refractivity contribution in [3.63, 3.8) is 0 Å². The average Bonchev–Trinajstić information content (AvgIpc) is 2.39. The molecule has 19 heavy (non-hydrogen) atoms. The van der Waals surface area contributed by atoms with Crippen LogP contribution >= 0.6 is 11.8 Å². The van der Waals surface area contributed by atoms with Crippen molar-refractivity contribution >= 4 is 11.8 Å². The molecule has 0 saturated carbocycles. The van der Waals surface area contributed by atoms with Crippen LogP contribution in [-0.2, 0) is 5.75 Å². The molecule has 0 aromatic heterocycles. The predicted molar refractivity (Wildman–Crippen MR) is 76.6 cm³/mol. The molecule has 0 atom stereocenters. The highest BCUT2D eigenvalue weighted by atomic mass is 32.2. The van der Waals surface area contributed by atoms with Gasteiger partial charge in [-0.15, -0.1) is 11.8 Å². The lowest BCUT2D eigenvalue weighted by atomic mass is 10.1. The van der Waals surface area contributed by atoms with E-state index in [0.717, 1.165) is 4.90 Å². The summed E-state index contributed by atoms with van der Waals surface area (Å²) in [5.74, 6) is 0.132. The standard InChI is InChI=1S/C16H14FNS/c1-11-6-7-15(12(2)8-11)19-10-14-5-3-4-13(9-18)16(14)17/h3-8H,10H2,1-2H3. The first-order valence-corrected chi connectivity index (χ1v) is 6.98. The molecule has 0 bridgehead atoms. The first-order chi connectivity index (χ1) is 9.11. The zero-order valence-corrected chi connectivity index (χ0v) is 11.7. The molecule has 0 heterocycles. The van der Waals surface area contributed by atoms with Gasteiger partial charge in [-0.05, 0) is 37.1 Å². The highest BCUT2D eigenvalue weighted by molar-refractivity contribution is 7.98. The molecule has 0 N–H and O–H groups in total. The van der Waals surface area contributed by atoms with E-state index in [0.29, 0.717) is 11.3 Å². The van der Waals surface area contributed by atoms with Gasteiger partial charge >= 0.3 is 0 Å². The van der Waals surface area contributed by atoms with Gasteiger partial charge in [0.2, 0.25) is 0 Å². The highest BCUT2D eigenvalue weighted by Crippen LogP contribution is 2.28. The number of hydrogen-bond acceptors (Lipinski definition) is 2. The molecule has 2 aromatic rings. The van der Waals surface area contributed by atoms with E-state index in [4.69, 9.17) is 5.26 Å². The molecule has 1 nitrogen and oxygen atoms in total. The van der Waals surface area contributed by atoms with Crippen LogP contribution in [0.5, 0.6) is 0 Å². The van der Waals surface area contributed by atoms with Crippen molar-refractivity contribution in [3.05, 3.63) is 64.5 Å². The molecular formula is C16H14FNS. The molecule has 0 aliphatic rings. The minimum absolute atomic E-state index is 0.110. The summed E-state index contributed by atoms with van der Waals surface area (Å²) in [5.41, 5.74) is 3.10. The smallest absolute Gasteiger partial charge is 0.144 e. The van der Waals surface area contributed by atoms with Crippen LogP contribution in [0.25, 0.3) is 0 Å². The van der Waals surface area contributed by atoms with Gasteiger partial charge in [0.1, 0.15) is 11.9 Å². The van der Waals surface area contributed by atoms with Crippen LogP contribution in [0.15, 0.2) is 41.3 Å². The van der Waals surface area contributed by atoms with E-state index in [1.165, 1.54) is 17.2 Å². The lowest BCUT2D eigenvalue weighted by molar-refractivity contribution is 0.613. The Hall–Kier alpha value is -1.79. The maximum atomic E-state index is 13.9. The van der Waals surface area contributed by atoms with Crippen LogP contribution < -0.4 is 0 Å². The molecule has 0 aliphatic heterocycles. The summed E-state index contributed by atoms with van der Waals surface area (Å²) in [4.78, 5) is 1.15. The monoisotopic (exact) mass is 271 g/mol. The Bertz CT molecular complexity index is 644. The van der Waals surface area contributed by atoms with Crippen molar-refractivity contribution in [2.75, 3.05) is 0 Å². The molecule has 96 valence electrons. The molecule has 0 aliphatic carbocycles. The molecule has 0 spiro atoms. The van der Waals surface area contributed by atoms with E-state index < -0.39 is 5.82 Å². The summed E-state index contributed by atoms with van der Waals surface area (Å²) in [5, 5.41) is 8.81. The number of hydrogen-bond donors (Lipinski definition) is 0. The van der Waals surface area contributed by atoms with Gasteiger partial charge in [-0.1, -0.05) is 29.8 Å². The van der Waals surface area contributed by atoms with Gasteiger partial charge in [-0.2, -0.15) is 5.26 Å². The second-order valence-electron chi connectivity index (χ2n) is 4.45. The van der Waals surface area contributed by atoms with Crippen molar-refractivity contribution in [1.82, 2.24) is 0 Å². The second-order valence-corrected chi connectivity index (χ2v) is 5.47. The Kier molecular flexibility index (Phi) is 4.24. The summed E-state index contributed by atoms with van der Waals surface area (Å²) in [6, 6.07) is 13.0. The van der Waals surface area contributed by atoms with Crippen molar-refractivity contribution in [1.29, 1.82) is 5.26 Å². The largest absolute Gasteiger partial charge is 0.205 e. The van der Waals surface area contributed by atoms with E-state index in [1.807, 2.05) is 6.07 Å². The molecule has 3 heteroatoms. The van der Waals surface area contributed by atoms with Gasteiger partial charge in [0, 0.05) is 10.6 Å². The number of nitriles is 1. The number of rotatable bonds is 3. The maximum absolute atomic E-state index is 13.9. The van der Waals surface area contributed by atoms with E-state index in [9.17, 15) is 4.39 Å². The van der Waals surface area contributed by atoms with Crippen molar-refractivity contribution in [2.24, 2.45) is 0 Å². The zero-order chi connectivity index (χ0) is 13.8. The Morgan fingerprint density at radius 1 is 1.21 bits per heavy atom. The first kappa shape index (κ1) is 13.6. The van der Waals surface area contributed by atoms with Gasteiger partial charge < -0.3 is 0 Å². The number of benzene rings is 2. The lowest BCUT2D eigenvalue weighted by Gasteiger charge is -2.08. The quantitative estimate of drug-likeness (QED) is 0.761. The number of thioether (sulfide) groups is 1. The Morgan fingerprint density at radius 3 is 2.68 bits per heavy atom. The normalized spacial score (nSPS) is 10.2. The molecule has 0 radical (unpaired) electrons. The fraction of sp³-hybridized carbons (Fsp3) is 0.188. The maximum Gasteiger partial charge on any atom is 0.144 e. The van der Waals surface area contributed by atoms with E-state index in [-0.39, 0.29) is 5.56 Å². The number of nitrogens with zero attached hydrogens (tertiary/aromatic N) is 1.